The lowest BCUT2D eigenvalue weighted by Gasteiger charge is -2.21. The van der Waals surface area contributed by atoms with Gasteiger partial charge in [-0.25, -0.2) is 0 Å². The average Bonchev–Trinajstić information content (AvgIpc) is 2.15. The molecule has 0 spiro atoms. The van der Waals surface area contributed by atoms with Crippen LogP contribution < -0.4 is 4.90 Å². The maximum absolute atomic E-state index is 8.74. The molecule has 0 saturated carbocycles. The number of nitriles is 1. The van der Waals surface area contributed by atoms with Crippen LogP contribution >= 0.6 is 0 Å². The van der Waals surface area contributed by atoms with Crippen LogP contribution in [0.25, 0.3) is 0 Å². The average molecular weight is 174 g/mol. The number of rotatable bonds is 2. The molecule has 0 saturated heterocycles. The second-order valence-electron chi connectivity index (χ2n) is 3.25. The maximum atomic E-state index is 8.74. The van der Waals surface area contributed by atoms with Crippen LogP contribution in [0.1, 0.15) is 12.5 Å². The lowest BCUT2D eigenvalue weighted by atomic mass is 10.2. The molecule has 1 atom stereocenters. The first-order valence-corrected chi connectivity index (χ1v) is 4.34. The lowest BCUT2D eigenvalue weighted by Crippen LogP contribution is -2.26. The van der Waals surface area contributed by atoms with E-state index in [1.807, 2.05) is 44.0 Å². The molecule has 2 nitrogen and oxygen atoms in total. The van der Waals surface area contributed by atoms with Crippen molar-refractivity contribution in [3.63, 3.8) is 0 Å². The highest BCUT2D eigenvalue weighted by atomic mass is 15.1. The van der Waals surface area contributed by atoms with Crippen LogP contribution in [0.2, 0.25) is 0 Å². The van der Waals surface area contributed by atoms with E-state index in [2.05, 4.69) is 12.1 Å². The van der Waals surface area contributed by atoms with Crippen molar-refractivity contribution in [1.29, 1.82) is 5.26 Å². The van der Waals surface area contributed by atoms with Crippen LogP contribution in [0.4, 0.5) is 5.69 Å². The van der Waals surface area contributed by atoms with Crippen molar-refractivity contribution >= 4 is 5.69 Å². The summed E-state index contributed by atoms with van der Waals surface area (Å²) in [4.78, 5) is 1.97. The Hall–Kier alpha value is -1.49. The topological polar surface area (TPSA) is 27.0 Å². The zero-order valence-corrected chi connectivity index (χ0v) is 8.28. The lowest BCUT2D eigenvalue weighted by molar-refractivity contribution is 0.835. The molecule has 68 valence electrons. The Balaban J connectivity index is 2.90. The number of benzene rings is 1. The van der Waals surface area contributed by atoms with Gasteiger partial charge >= 0.3 is 0 Å². The van der Waals surface area contributed by atoms with Gasteiger partial charge in [0.25, 0.3) is 0 Å². The van der Waals surface area contributed by atoms with E-state index in [0.717, 1.165) is 5.69 Å². The molecule has 1 aromatic rings. The van der Waals surface area contributed by atoms with Gasteiger partial charge in [0.2, 0.25) is 0 Å². The molecule has 0 fully saturated rings. The molecule has 2 heteroatoms. The van der Waals surface area contributed by atoms with E-state index in [-0.39, 0.29) is 6.04 Å². The second kappa shape index (κ2) is 3.95. The van der Waals surface area contributed by atoms with E-state index in [9.17, 15) is 0 Å². The highest BCUT2D eigenvalue weighted by Gasteiger charge is 2.07. The van der Waals surface area contributed by atoms with Gasteiger partial charge < -0.3 is 4.90 Å². The largest absolute Gasteiger partial charge is 0.359 e. The third kappa shape index (κ3) is 2.22. The van der Waals surface area contributed by atoms with Gasteiger partial charge in [-0.1, -0.05) is 12.1 Å². The molecule has 0 heterocycles. The summed E-state index contributed by atoms with van der Waals surface area (Å²) in [5.74, 6) is 0. The van der Waals surface area contributed by atoms with Crippen molar-refractivity contribution in [2.45, 2.75) is 19.9 Å². The molecule has 0 aliphatic heterocycles. The molecular formula is C11H14N2. The van der Waals surface area contributed by atoms with Gasteiger partial charge in [-0.05, 0) is 31.5 Å². The van der Waals surface area contributed by atoms with Gasteiger partial charge in [-0.3, -0.25) is 0 Å². The monoisotopic (exact) mass is 174 g/mol. The van der Waals surface area contributed by atoms with E-state index in [0.29, 0.717) is 0 Å². The predicted octanol–water partition coefficient (Wildman–Crippen LogP) is 2.34. The van der Waals surface area contributed by atoms with E-state index in [4.69, 9.17) is 5.26 Å². The first kappa shape index (κ1) is 9.60. The number of aryl methyl sites for hydroxylation is 1. The zero-order valence-electron chi connectivity index (χ0n) is 8.28. The Morgan fingerprint density at radius 1 is 1.46 bits per heavy atom. The van der Waals surface area contributed by atoms with Crippen LogP contribution in [0, 0.1) is 18.3 Å². The van der Waals surface area contributed by atoms with Gasteiger partial charge in [0.15, 0.2) is 0 Å². The van der Waals surface area contributed by atoms with Crippen molar-refractivity contribution in [1.82, 2.24) is 0 Å². The van der Waals surface area contributed by atoms with Crippen molar-refractivity contribution in [3.05, 3.63) is 29.8 Å². The van der Waals surface area contributed by atoms with Crippen LogP contribution in [0.5, 0.6) is 0 Å². The molecular weight excluding hydrogens is 160 g/mol. The first-order chi connectivity index (χ1) is 6.15. The molecule has 0 amide bonds. The number of nitrogens with zero attached hydrogens (tertiary/aromatic N) is 2. The Labute approximate surface area is 79.4 Å². The molecule has 0 radical (unpaired) electrons. The number of hydrogen-bond donors (Lipinski definition) is 0. The first-order valence-electron chi connectivity index (χ1n) is 4.34. The third-order valence-corrected chi connectivity index (χ3v) is 2.18. The minimum Gasteiger partial charge on any atom is -0.359 e. The summed E-state index contributed by atoms with van der Waals surface area (Å²) in [5, 5.41) is 8.74. The van der Waals surface area contributed by atoms with Gasteiger partial charge in [0, 0.05) is 12.7 Å². The second-order valence-corrected chi connectivity index (χ2v) is 3.25. The summed E-state index contributed by atoms with van der Waals surface area (Å²) in [6.07, 6.45) is 0. The molecule has 0 aromatic heterocycles. The quantitative estimate of drug-likeness (QED) is 0.688. The summed E-state index contributed by atoms with van der Waals surface area (Å²) < 4.78 is 0. The van der Waals surface area contributed by atoms with Crippen LogP contribution in [-0.2, 0) is 0 Å². The van der Waals surface area contributed by atoms with Crippen molar-refractivity contribution in [3.8, 4) is 6.07 Å². The summed E-state index contributed by atoms with van der Waals surface area (Å²) in [7, 11) is 1.93. The highest BCUT2D eigenvalue weighted by molar-refractivity contribution is 5.49. The van der Waals surface area contributed by atoms with E-state index in [1.54, 1.807) is 0 Å². The Morgan fingerprint density at radius 3 is 2.69 bits per heavy atom. The van der Waals surface area contributed by atoms with Crippen molar-refractivity contribution in [2.24, 2.45) is 0 Å². The van der Waals surface area contributed by atoms with Crippen molar-refractivity contribution in [2.75, 3.05) is 11.9 Å². The minimum atomic E-state index is -0.0817. The summed E-state index contributed by atoms with van der Waals surface area (Å²) in [5.41, 5.74) is 2.31. The van der Waals surface area contributed by atoms with Gasteiger partial charge in [-0.2, -0.15) is 5.26 Å². The normalized spacial score (nSPS) is 11.8. The summed E-state index contributed by atoms with van der Waals surface area (Å²) in [6, 6.07) is 10.3. The molecule has 1 rings (SSSR count). The fourth-order valence-electron chi connectivity index (χ4n) is 1.16. The van der Waals surface area contributed by atoms with Crippen LogP contribution in [-0.4, -0.2) is 13.1 Å². The van der Waals surface area contributed by atoms with E-state index >= 15 is 0 Å². The molecule has 0 N–H and O–H groups in total. The van der Waals surface area contributed by atoms with E-state index in [1.165, 1.54) is 5.56 Å². The van der Waals surface area contributed by atoms with Crippen molar-refractivity contribution < 1.29 is 0 Å². The maximum Gasteiger partial charge on any atom is 0.113 e. The molecule has 0 aliphatic carbocycles. The number of hydrogen-bond acceptors (Lipinski definition) is 2. The molecule has 0 aliphatic rings. The third-order valence-electron chi connectivity index (χ3n) is 2.18. The fourth-order valence-corrected chi connectivity index (χ4v) is 1.16. The smallest absolute Gasteiger partial charge is 0.113 e. The molecule has 0 bridgehead atoms. The number of anilines is 1. The predicted molar refractivity (Wildman–Crippen MR) is 54.7 cm³/mol. The van der Waals surface area contributed by atoms with Crippen LogP contribution in [0.3, 0.4) is 0 Å². The minimum absolute atomic E-state index is 0.0817. The standard InChI is InChI=1S/C11H14N2/c1-9-5-4-6-11(7-9)13(3)10(2)8-12/h4-7,10H,1-3H3. The van der Waals surface area contributed by atoms with Crippen LogP contribution in [0.15, 0.2) is 24.3 Å². The molecule has 1 unspecified atom stereocenters. The Morgan fingerprint density at radius 2 is 2.15 bits per heavy atom. The molecule has 1 aromatic carbocycles. The Bertz CT molecular complexity index is 325. The van der Waals surface area contributed by atoms with Gasteiger partial charge in [0.1, 0.15) is 6.04 Å². The Kier molecular flexibility index (Phi) is 2.92. The van der Waals surface area contributed by atoms with Gasteiger partial charge in [-0.15, -0.1) is 0 Å². The molecule has 13 heavy (non-hydrogen) atoms. The fraction of sp³-hybridized carbons (Fsp3) is 0.364. The van der Waals surface area contributed by atoms with Gasteiger partial charge in [0.05, 0.1) is 6.07 Å². The highest BCUT2D eigenvalue weighted by Crippen LogP contribution is 2.15. The van der Waals surface area contributed by atoms with E-state index < -0.39 is 0 Å². The summed E-state index contributed by atoms with van der Waals surface area (Å²) >= 11 is 0. The summed E-state index contributed by atoms with van der Waals surface area (Å²) in [6.45, 7) is 3.94. The zero-order chi connectivity index (χ0) is 9.84. The SMILES string of the molecule is Cc1cccc(N(C)C(C)C#N)c1.